The molecule has 1 fully saturated rings. The molecule has 1 N–H and O–H groups in total. The molecule has 2 rings (SSSR count). The van der Waals surface area contributed by atoms with Crippen LogP contribution < -0.4 is 5.32 Å². The van der Waals surface area contributed by atoms with Gasteiger partial charge in [-0.3, -0.25) is 4.79 Å². The van der Waals surface area contributed by atoms with Crippen molar-refractivity contribution in [2.45, 2.75) is 32.2 Å². The summed E-state index contributed by atoms with van der Waals surface area (Å²) in [5, 5.41) is 5.49. The third-order valence-electron chi connectivity index (χ3n) is 3.13. The van der Waals surface area contributed by atoms with Crippen LogP contribution in [-0.4, -0.2) is 36.0 Å². The molecule has 18 heavy (non-hydrogen) atoms. The first kappa shape index (κ1) is 14.0. The van der Waals surface area contributed by atoms with Crippen molar-refractivity contribution in [1.82, 2.24) is 10.2 Å². The second-order valence-corrected chi connectivity index (χ2v) is 7.27. The van der Waals surface area contributed by atoms with E-state index in [-0.39, 0.29) is 11.4 Å². The van der Waals surface area contributed by atoms with Crippen LogP contribution in [0.3, 0.4) is 0 Å². The molecule has 0 atom stereocenters. The molecular formula is C13H19BrN2OS. The Kier molecular flexibility index (Phi) is 4.45. The Bertz CT molecular complexity index is 430. The van der Waals surface area contributed by atoms with E-state index in [0.717, 1.165) is 30.5 Å². The summed E-state index contributed by atoms with van der Waals surface area (Å²) in [7, 11) is 0. The number of hydrogen-bond acceptors (Lipinski definition) is 3. The molecular weight excluding hydrogens is 312 g/mol. The highest BCUT2D eigenvalue weighted by molar-refractivity contribution is 9.10. The van der Waals surface area contributed by atoms with E-state index in [2.05, 4.69) is 46.5 Å². The quantitative estimate of drug-likeness (QED) is 0.924. The molecule has 5 heteroatoms. The largest absolute Gasteiger partial charge is 0.340 e. The van der Waals surface area contributed by atoms with Gasteiger partial charge in [-0.2, -0.15) is 0 Å². The smallest absolute Gasteiger partial charge is 0.223 e. The Morgan fingerprint density at radius 3 is 3.00 bits per heavy atom. The number of rotatable bonds is 3. The molecule has 1 aromatic heterocycles. The minimum Gasteiger partial charge on any atom is -0.340 e. The maximum absolute atomic E-state index is 12.2. The number of aryl methyl sites for hydroxylation is 1. The lowest BCUT2D eigenvalue weighted by molar-refractivity contribution is -0.133. The van der Waals surface area contributed by atoms with E-state index in [9.17, 15) is 4.79 Å². The van der Waals surface area contributed by atoms with Gasteiger partial charge >= 0.3 is 0 Å². The number of halogens is 1. The number of carbonyl (C=O) groups is 1. The van der Waals surface area contributed by atoms with Crippen molar-refractivity contribution in [2.24, 2.45) is 0 Å². The molecule has 3 nitrogen and oxygen atoms in total. The van der Waals surface area contributed by atoms with E-state index < -0.39 is 0 Å². The van der Waals surface area contributed by atoms with Crippen LogP contribution >= 0.6 is 27.3 Å². The number of thiophene rings is 1. The minimum absolute atomic E-state index is 0.0415. The lowest BCUT2D eigenvalue weighted by Crippen LogP contribution is -2.58. The summed E-state index contributed by atoms with van der Waals surface area (Å²) >= 11 is 5.15. The fourth-order valence-electron chi connectivity index (χ4n) is 2.23. The van der Waals surface area contributed by atoms with E-state index in [1.807, 2.05) is 4.90 Å². The molecule has 100 valence electrons. The van der Waals surface area contributed by atoms with Crippen LogP contribution in [0.1, 0.15) is 25.1 Å². The van der Waals surface area contributed by atoms with Crippen molar-refractivity contribution in [1.29, 1.82) is 0 Å². The fraction of sp³-hybridized carbons (Fsp3) is 0.615. The third kappa shape index (κ3) is 3.80. The number of nitrogens with zero attached hydrogens (tertiary/aromatic N) is 1. The van der Waals surface area contributed by atoms with Gasteiger partial charge < -0.3 is 10.2 Å². The summed E-state index contributed by atoms with van der Waals surface area (Å²) in [6.07, 6.45) is 1.46. The van der Waals surface area contributed by atoms with Crippen molar-refractivity contribution in [3.63, 3.8) is 0 Å². The highest BCUT2D eigenvalue weighted by Gasteiger charge is 2.28. The zero-order valence-corrected chi connectivity index (χ0v) is 13.2. The number of nitrogens with one attached hydrogen (secondary N) is 1. The van der Waals surface area contributed by atoms with Crippen LogP contribution in [0.2, 0.25) is 0 Å². The Hall–Kier alpha value is -0.390. The Labute approximate surface area is 121 Å². The monoisotopic (exact) mass is 330 g/mol. The second-order valence-electron chi connectivity index (χ2n) is 5.36. The van der Waals surface area contributed by atoms with Crippen molar-refractivity contribution >= 4 is 33.2 Å². The summed E-state index contributed by atoms with van der Waals surface area (Å²) < 4.78 is 1.11. The average Bonchev–Trinajstić information content (AvgIpc) is 2.70. The zero-order valence-electron chi connectivity index (χ0n) is 10.8. The molecule has 1 saturated heterocycles. The highest BCUT2D eigenvalue weighted by Crippen LogP contribution is 2.21. The summed E-state index contributed by atoms with van der Waals surface area (Å²) in [5.74, 6) is 0.272. The van der Waals surface area contributed by atoms with Crippen LogP contribution in [0.25, 0.3) is 0 Å². The maximum Gasteiger partial charge on any atom is 0.223 e. The van der Waals surface area contributed by atoms with Crippen LogP contribution in [0.15, 0.2) is 15.9 Å². The number of amides is 1. The summed E-state index contributed by atoms with van der Waals surface area (Å²) in [4.78, 5) is 15.4. The topological polar surface area (TPSA) is 32.3 Å². The van der Waals surface area contributed by atoms with Gasteiger partial charge in [-0.25, -0.2) is 0 Å². The summed E-state index contributed by atoms with van der Waals surface area (Å²) in [6, 6.07) is 2.10. The van der Waals surface area contributed by atoms with Gasteiger partial charge in [0.2, 0.25) is 5.91 Å². The molecule has 2 heterocycles. The Morgan fingerprint density at radius 1 is 1.61 bits per heavy atom. The van der Waals surface area contributed by atoms with Gasteiger partial charge in [0.15, 0.2) is 0 Å². The average molecular weight is 331 g/mol. The molecule has 1 aliphatic rings. The molecule has 0 aliphatic carbocycles. The zero-order chi connectivity index (χ0) is 13.2. The van der Waals surface area contributed by atoms with Crippen molar-refractivity contribution in [2.75, 3.05) is 19.6 Å². The first-order chi connectivity index (χ1) is 8.46. The molecule has 0 spiro atoms. The van der Waals surface area contributed by atoms with E-state index >= 15 is 0 Å². The molecule has 0 aromatic carbocycles. The predicted molar refractivity (Wildman–Crippen MR) is 79.0 cm³/mol. The lowest BCUT2D eigenvalue weighted by Gasteiger charge is -2.39. The molecule has 1 aromatic rings. The van der Waals surface area contributed by atoms with E-state index in [0.29, 0.717) is 6.42 Å². The van der Waals surface area contributed by atoms with Gasteiger partial charge in [-0.15, -0.1) is 11.3 Å². The van der Waals surface area contributed by atoms with E-state index in [1.54, 1.807) is 11.3 Å². The minimum atomic E-state index is 0.0415. The van der Waals surface area contributed by atoms with Gasteiger partial charge in [-0.05, 0) is 42.3 Å². The number of piperazine rings is 1. The van der Waals surface area contributed by atoms with Gasteiger partial charge in [0, 0.05) is 46.3 Å². The SMILES string of the molecule is CC1(C)CN(C(=O)CCc2cc(Br)cs2)CCN1. The van der Waals surface area contributed by atoms with Crippen molar-refractivity contribution < 1.29 is 4.79 Å². The standard InChI is InChI=1S/C13H19BrN2OS/c1-13(2)9-16(6-5-15-13)12(17)4-3-11-7-10(14)8-18-11/h7-8,15H,3-6,9H2,1-2H3. The first-order valence-corrected chi connectivity index (χ1v) is 7.89. The Balaban J connectivity index is 1.84. The van der Waals surface area contributed by atoms with Gasteiger partial charge in [0.25, 0.3) is 0 Å². The van der Waals surface area contributed by atoms with Crippen molar-refractivity contribution in [3.8, 4) is 0 Å². The van der Waals surface area contributed by atoms with Gasteiger partial charge in [0.05, 0.1) is 0 Å². The summed E-state index contributed by atoms with van der Waals surface area (Å²) in [6.45, 7) is 6.81. The Morgan fingerprint density at radius 2 is 2.39 bits per heavy atom. The molecule has 0 radical (unpaired) electrons. The maximum atomic E-state index is 12.2. The second kappa shape index (κ2) is 5.72. The van der Waals surface area contributed by atoms with Gasteiger partial charge in [-0.1, -0.05) is 0 Å². The normalized spacial score (nSPS) is 18.9. The predicted octanol–water partition coefficient (Wildman–Crippen LogP) is 2.65. The number of hydrogen-bond donors (Lipinski definition) is 1. The van der Waals surface area contributed by atoms with Crippen LogP contribution in [0, 0.1) is 0 Å². The molecule has 1 amide bonds. The molecule has 0 saturated carbocycles. The fourth-order valence-corrected chi connectivity index (χ4v) is 3.68. The first-order valence-electron chi connectivity index (χ1n) is 6.22. The molecule has 1 aliphatic heterocycles. The van der Waals surface area contributed by atoms with E-state index in [4.69, 9.17) is 0 Å². The van der Waals surface area contributed by atoms with Crippen LogP contribution in [0.4, 0.5) is 0 Å². The highest BCUT2D eigenvalue weighted by atomic mass is 79.9. The number of carbonyl (C=O) groups excluding carboxylic acids is 1. The van der Waals surface area contributed by atoms with Crippen LogP contribution in [0.5, 0.6) is 0 Å². The third-order valence-corrected chi connectivity index (χ3v) is 4.89. The molecule has 0 unspecified atom stereocenters. The van der Waals surface area contributed by atoms with E-state index in [1.165, 1.54) is 4.88 Å². The summed E-state index contributed by atoms with van der Waals surface area (Å²) in [5.41, 5.74) is 0.0415. The van der Waals surface area contributed by atoms with Gasteiger partial charge in [0.1, 0.15) is 0 Å². The lowest BCUT2D eigenvalue weighted by atomic mass is 10.0. The van der Waals surface area contributed by atoms with Crippen LogP contribution in [-0.2, 0) is 11.2 Å². The molecule has 0 bridgehead atoms. The van der Waals surface area contributed by atoms with Crippen molar-refractivity contribution in [3.05, 3.63) is 20.8 Å².